The number of aryl methyl sites for hydroxylation is 1. The highest BCUT2D eigenvalue weighted by atomic mass is 16.1. The Bertz CT molecular complexity index is 577. The molecule has 0 heterocycles. The molecule has 3 rings (SSSR count). The lowest BCUT2D eigenvalue weighted by atomic mass is 9.90. The third-order valence-corrected chi connectivity index (χ3v) is 4.96. The third kappa shape index (κ3) is 4.68. The second-order valence-electron chi connectivity index (χ2n) is 6.73. The minimum Gasteiger partial charge on any atom is -0.325 e. The quantitative estimate of drug-likeness (QED) is 0.616. The number of allylic oxidation sites excluding steroid dienone is 1. The lowest BCUT2D eigenvalue weighted by Crippen LogP contribution is -2.29. The number of fused-ring (bicyclic) bond motifs is 1. The van der Waals surface area contributed by atoms with E-state index in [-0.39, 0.29) is 5.91 Å². The number of anilines is 1. The zero-order valence-corrected chi connectivity index (χ0v) is 14.0. The molecule has 0 aliphatic heterocycles. The van der Waals surface area contributed by atoms with Crippen LogP contribution in [-0.4, -0.2) is 19.0 Å². The SMILES string of the molecule is O=C(CNCCC1=CCCCC1)Nc1cccc2c1CCCC2. The lowest BCUT2D eigenvalue weighted by Gasteiger charge is -2.19. The van der Waals surface area contributed by atoms with E-state index in [9.17, 15) is 4.79 Å². The molecule has 1 amide bonds. The highest BCUT2D eigenvalue weighted by Gasteiger charge is 2.14. The van der Waals surface area contributed by atoms with Crippen molar-refractivity contribution in [2.75, 3.05) is 18.4 Å². The molecule has 0 radical (unpaired) electrons. The van der Waals surface area contributed by atoms with Crippen LogP contribution in [0.25, 0.3) is 0 Å². The first-order valence-corrected chi connectivity index (χ1v) is 9.12. The molecule has 1 aromatic carbocycles. The molecule has 0 saturated heterocycles. The predicted molar refractivity (Wildman–Crippen MR) is 95.8 cm³/mol. The van der Waals surface area contributed by atoms with Crippen LogP contribution in [0.15, 0.2) is 29.8 Å². The number of nitrogens with one attached hydrogen (secondary N) is 2. The predicted octanol–water partition coefficient (Wildman–Crippen LogP) is 3.98. The first-order chi connectivity index (χ1) is 11.3. The molecule has 0 aromatic heterocycles. The standard InChI is InChI=1S/C20H28N2O/c23-20(15-21-14-13-16-7-2-1-3-8-16)22-19-12-6-10-17-9-4-5-11-18(17)19/h6-7,10,12,21H,1-5,8-9,11,13-15H2,(H,22,23). The molecule has 0 bridgehead atoms. The average Bonchev–Trinajstić information content (AvgIpc) is 2.60. The first-order valence-electron chi connectivity index (χ1n) is 9.12. The Morgan fingerprint density at radius 2 is 1.91 bits per heavy atom. The molecule has 3 heteroatoms. The summed E-state index contributed by atoms with van der Waals surface area (Å²) in [4.78, 5) is 12.2. The maximum Gasteiger partial charge on any atom is 0.238 e. The summed E-state index contributed by atoms with van der Waals surface area (Å²) in [6.45, 7) is 1.29. The minimum atomic E-state index is 0.0709. The van der Waals surface area contributed by atoms with Gasteiger partial charge in [-0.3, -0.25) is 4.79 Å². The summed E-state index contributed by atoms with van der Waals surface area (Å²) in [7, 11) is 0. The van der Waals surface area contributed by atoms with E-state index in [0.717, 1.165) is 31.5 Å². The van der Waals surface area contributed by atoms with E-state index in [2.05, 4.69) is 28.8 Å². The monoisotopic (exact) mass is 312 g/mol. The van der Waals surface area contributed by atoms with Gasteiger partial charge in [-0.2, -0.15) is 0 Å². The normalized spacial score (nSPS) is 17.3. The van der Waals surface area contributed by atoms with Crippen molar-refractivity contribution >= 4 is 11.6 Å². The number of carbonyl (C=O) groups excluding carboxylic acids is 1. The highest BCUT2D eigenvalue weighted by molar-refractivity contribution is 5.93. The molecule has 0 saturated carbocycles. The molecular formula is C20H28N2O. The van der Waals surface area contributed by atoms with Crippen LogP contribution in [0.3, 0.4) is 0 Å². The summed E-state index contributed by atoms with van der Waals surface area (Å²) >= 11 is 0. The number of hydrogen-bond acceptors (Lipinski definition) is 2. The Morgan fingerprint density at radius 1 is 1.04 bits per heavy atom. The van der Waals surface area contributed by atoms with Crippen LogP contribution < -0.4 is 10.6 Å². The maximum atomic E-state index is 12.2. The molecule has 1 aromatic rings. The summed E-state index contributed by atoms with van der Waals surface area (Å²) in [5.41, 5.74) is 5.33. The van der Waals surface area contributed by atoms with Gasteiger partial charge in [-0.15, -0.1) is 0 Å². The van der Waals surface area contributed by atoms with Gasteiger partial charge >= 0.3 is 0 Å². The summed E-state index contributed by atoms with van der Waals surface area (Å²) in [5, 5.41) is 6.37. The van der Waals surface area contributed by atoms with Crippen molar-refractivity contribution in [2.24, 2.45) is 0 Å². The fraction of sp³-hybridized carbons (Fsp3) is 0.550. The van der Waals surface area contributed by atoms with Gasteiger partial charge in [0.05, 0.1) is 6.54 Å². The average molecular weight is 312 g/mol. The van der Waals surface area contributed by atoms with Crippen LogP contribution in [0.4, 0.5) is 5.69 Å². The summed E-state index contributed by atoms with van der Waals surface area (Å²) in [5.74, 6) is 0.0709. The van der Waals surface area contributed by atoms with Gasteiger partial charge in [0.15, 0.2) is 0 Å². The number of benzene rings is 1. The molecule has 23 heavy (non-hydrogen) atoms. The van der Waals surface area contributed by atoms with Crippen LogP contribution in [0.1, 0.15) is 56.1 Å². The van der Waals surface area contributed by atoms with Crippen LogP contribution in [0.2, 0.25) is 0 Å². The van der Waals surface area contributed by atoms with Gasteiger partial charge in [0, 0.05) is 5.69 Å². The zero-order valence-electron chi connectivity index (χ0n) is 14.0. The Kier molecular flexibility index (Phi) is 5.87. The van der Waals surface area contributed by atoms with Crippen LogP contribution in [0, 0.1) is 0 Å². The smallest absolute Gasteiger partial charge is 0.238 e. The number of rotatable bonds is 6. The highest BCUT2D eigenvalue weighted by Crippen LogP contribution is 2.27. The Balaban J connectivity index is 1.43. The molecular weight excluding hydrogens is 284 g/mol. The van der Waals surface area contributed by atoms with E-state index in [1.165, 1.54) is 49.7 Å². The second-order valence-corrected chi connectivity index (χ2v) is 6.73. The summed E-state index contributed by atoms with van der Waals surface area (Å²) in [6.07, 6.45) is 13.3. The number of amides is 1. The number of carbonyl (C=O) groups is 1. The van der Waals surface area contributed by atoms with E-state index in [1.807, 2.05) is 6.07 Å². The van der Waals surface area contributed by atoms with E-state index in [4.69, 9.17) is 0 Å². The molecule has 124 valence electrons. The van der Waals surface area contributed by atoms with E-state index in [1.54, 1.807) is 5.57 Å². The van der Waals surface area contributed by atoms with E-state index < -0.39 is 0 Å². The Hall–Kier alpha value is -1.61. The number of hydrogen-bond donors (Lipinski definition) is 2. The van der Waals surface area contributed by atoms with Crippen molar-refractivity contribution in [3.8, 4) is 0 Å². The lowest BCUT2D eigenvalue weighted by molar-refractivity contribution is -0.115. The molecule has 0 atom stereocenters. The summed E-state index contributed by atoms with van der Waals surface area (Å²) < 4.78 is 0. The van der Waals surface area contributed by atoms with Crippen molar-refractivity contribution in [3.63, 3.8) is 0 Å². The fourth-order valence-electron chi connectivity index (χ4n) is 3.68. The molecule has 2 aliphatic rings. The van der Waals surface area contributed by atoms with Gasteiger partial charge in [-0.05, 0) is 81.5 Å². The molecule has 3 nitrogen and oxygen atoms in total. The summed E-state index contributed by atoms with van der Waals surface area (Å²) in [6, 6.07) is 6.29. The van der Waals surface area contributed by atoms with Gasteiger partial charge < -0.3 is 10.6 Å². The van der Waals surface area contributed by atoms with Gasteiger partial charge in [-0.1, -0.05) is 23.8 Å². The molecule has 0 spiro atoms. The van der Waals surface area contributed by atoms with Crippen molar-refractivity contribution < 1.29 is 4.79 Å². The zero-order chi connectivity index (χ0) is 15.9. The van der Waals surface area contributed by atoms with Gasteiger partial charge in [-0.25, -0.2) is 0 Å². The first kappa shape index (κ1) is 16.3. The van der Waals surface area contributed by atoms with Crippen LogP contribution in [0.5, 0.6) is 0 Å². The van der Waals surface area contributed by atoms with Crippen LogP contribution in [-0.2, 0) is 17.6 Å². The molecule has 0 unspecified atom stereocenters. The van der Waals surface area contributed by atoms with Gasteiger partial charge in [0.1, 0.15) is 0 Å². The van der Waals surface area contributed by atoms with Gasteiger partial charge in [0.2, 0.25) is 5.91 Å². The minimum absolute atomic E-state index is 0.0709. The van der Waals surface area contributed by atoms with E-state index in [0.29, 0.717) is 6.54 Å². The molecule has 2 aliphatic carbocycles. The van der Waals surface area contributed by atoms with Crippen molar-refractivity contribution in [1.82, 2.24) is 5.32 Å². The largest absolute Gasteiger partial charge is 0.325 e. The molecule has 2 N–H and O–H groups in total. The third-order valence-electron chi connectivity index (χ3n) is 4.96. The van der Waals surface area contributed by atoms with Crippen molar-refractivity contribution in [1.29, 1.82) is 0 Å². The van der Waals surface area contributed by atoms with Crippen LogP contribution >= 0.6 is 0 Å². The topological polar surface area (TPSA) is 41.1 Å². The molecule has 0 fully saturated rings. The maximum absolute atomic E-state index is 12.2. The second kappa shape index (κ2) is 8.30. The van der Waals surface area contributed by atoms with Crippen molar-refractivity contribution in [2.45, 2.75) is 57.8 Å². The fourth-order valence-corrected chi connectivity index (χ4v) is 3.68. The Labute approximate surface area is 139 Å². The van der Waals surface area contributed by atoms with Gasteiger partial charge in [0.25, 0.3) is 0 Å². The van der Waals surface area contributed by atoms with E-state index >= 15 is 0 Å². The van der Waals surface area contributed by atoms with Crippen molar-refractivity contribution in [3.05, 3.63) is 41.0 Å². The Morgan fingerprint density at radius 3 is 2.78 bits per heavy atom.